The molecule has 0 saturated carbocycles. The Bertz CT molecular complexity index is 1070. The van der Waals surface area contributed by atoms with Crippen molar-refractivity contribution in [1.29, 1.82) is 0 Å². The minimum Gasteiger partial charge on any atom is -0.362 e. The number of oxime groups is 1. The van der Waals surface area contributed by atoms with E-state index in [2.05, 4.69) is 21.7 Å². The molecule has 0 aliphatic carbocycles. The Balaban J connectivity index is 0.00000187. The van der Waals surface area contributed by atoms with E-state index in [-0.39, 0.29) is 18.0 Å². The van der Waals surface area contributed by atoms with E-state index in [0.717, 1.165) is 11.1 Å². The molecule has 1 aromatic carbocycles. The number of aryl methyl sites for hydroxylation is 1. The Morgan fingerprint density at radius 2 is 2.03 bits per heavy atom. The van der Waals surface area contributed by atoms with Crippen LogP contribution in [-0.2, 0) is 21.9 Å². The van der Waals surface area contributed by atoms with Crippen LogP contribution in [0.5, 0.6) is 0 Å². The summed E-state index contributed by atoms with van der Waals surface area (Å²) < 4.78 is 7.09. The highest BCUT2D eigenvalue weighted by Gasteiger charge is 2.41. The number of aliphatic imine (C=N–C) groups is 1. The normalized spacial score (nSPS) is 20.5. The van der Waals surface area contributed by atoms with Crippen molar-refractivity contribution in [3.05, 3.63) is 70.0 Å². The van der Waals surface area contributed by atoms with Crippen molar-refractivity contribution in [2.45, 2.75) is 60.3 Å². The molecule has 1 N–H and O–H groups in total. The molecule has 2 aromatic rings. The molecule has 1 fully saturated rings. The van der Waals surface area contributed by atoms with Gasteiger partial charge in [-0.3, -0.25) is 9.36 Å². The van der Waals surface area contributed by atoms with Crippen LogP contribution >= 0.6 is 0 Å². The summed E-state index contributed by atoms with van der Waals surface area (Å²) in [5.41, 5.74) is 2.75. The minimum atomic E-state index is -1.34. The van der Waals surface area contributed by atoms with Crippen LogP contribution in [-0.4, -0.2) is 33.2 Å². The van der Waals surface area contributed by atoms with Crippen molar-refractivity contribution < 1.29 is 14.7 Å². The van der Waals surface area contributed by atoms with E-state index in [0.29, 0.717) is 35.9 Å². The monoisotopic (exact) mass is 454 g/mol. The maximum atomic E-state index is 12.4. The molecule has 1 unspecified atom stereocenters. The van der Waals surface area contributed by atoms with Gasteiger partial charge in [-0.25, -0.2) is 9.98 Å². The van der Waals surface area contributed by atoms with Gasteiger partial charge in [-0.15, -0.1) is 0 Å². The van der Waals surface area contributed by atoms with Gasteiger partial charge in [0.25, 0.3) is 5.56 Å². The third kappa shape index (κ3) is 6.46. The number of allylic oxidation sites excluding steroid dienone is 1. The summed E-state index contributed by atoms with van der Waals surface area (Å²) in [6.07, 6.45) is 3.38. The molecular weight excluding hydrogens is 420 g/mol. The van der Waals surface area contributed by atoms with E-state index in [9.17, 15) is 9.90 Å². The fraction of sp³-hybridized carbons (Fsp3) is 0.440. The van der Waals surface area contributed by atoms with Crippen molar-refractivity contribution in [3.63, 3.8) is 0 Å². The summed E-state index contributed by atoms with van der Waals surface area (Å²) in [5.74, 6) is -0.753. The number of aromatic nitrogens is 2. The topological polar surface area (TPSA) is 98.3 Å². The summed E-state index contributed by atoms with van der Waals surface area (Å²) in [5, 5.41) is 15.0. The fourth-order valence-corrected chi connectivity index (χ4v) is 3.35. The summed E-state index contributed by atoms with van der Waals surface area (Å²) >= 11 is 0. The molecule has 1 aliphatic heterocycles. The smallest absolute Gasteiger partial charge is 0.258 e. The lowest BCUT2D eigenvalue weighted by atomic mass is 9.94. The van der Waals surface area contributed by atoms with Crippen LogP contribution in [0.25, 0.3) is 0 Å². The molecule has 2 atom stereocenters. The highest BCUT2D eigenvalue weighted by atomic mass is 16.6. The Morgan fingerprint density at radius 3 is 2.67 bits per heavy atom. The highest BCUT2D eigenvalue weighted by molar-refractivity contribution is 5.84. The quantitative estimate of drug-likeness (QED) is 0.380. The molecule has 3 rings (SSSR count). The lowest BCUT2D eigenvalue weighted by molar-refractivity contribution is -0.179. The molecule has 1 saturated heterocycles. The molecule has 178 valence electrons. The van der Waals surface area contributed by atoms with Crippen LogP contribution in [0.4, 0.5) is 5.82 Å². The van der Waals surface area contributed by atoms with Gasteiger partial charge in [0.05, 0.1) is 24.4 Å². The Hall–Kier alpha value is -3.10. The van der Waals surface area contributed by atoms with Crippen LogP contribution < -0.4 is 5.56 Å². The van der Waals surface area contributed by atoms with Gasteiger partial charge in [0, 0.05) is 24.1 Å². The van der Waals surface area contributed by atoms with E-state index >= 15 is 0 Å². The van der Waals surface area contributed by atoms with Crippen molar-refractivity contribution in [2.24, 2.45) is 16.1 Å². The Morgan fingerprint density at radius 1 is 1.36 bits per heavy atom. The van der Waals surface area contributed by atoms with E-state index < -0.39 is 5.79 Å². The summed E-state index contributed by atoms with van der Waals surface area (Å²) in [7, 11) is 0. The third-order valence-corrected chi connectivity index (χ3v) is 5.29. The molecule has 0 bridgehead atoms. The zero-order valence-corrected chi connectivity index (χ0v) is 20.3. The minimum absolute atomic E-state index is 0.100. The molecule has 8 heteroatoms. The van der Waals surface area contributed by atoms with E-state index in [1.54, 1.807) is 20.1 Å². The second-order valence-corrected chi connectivity index (χ2v) is 7.74. The number of rotatable bonds is 7. The molecule has 2 heterocycles. The second-order valence-electron chi connectivity index (χ2n) is 7.74. The van der Waals surface area contributed by atoms with Gasteiger partial charge in [0.1, 0.15) is 12.1 Å². The standard InChI is InChI=1S/C23H28N4O4.C2H6/c1-6-24-21-17(4)22(28)27(14-25-21)12-16(3)31-26-18(5)19-11-23(29,30-13-19)20-9-7-15(2)8-10-20;1-2/h6-10,14,19,29H,3,11-13H2,1-2,4-5H3;1-2H3/b24-6-,26-18+;/t19?,23-;/m1./s1. The SMILES string of the molecule is C=C(Cn1cnc(/N=C\C)c(C)c1=O)O/N=C(\C)C1CO[C@@](O)(c2ccc(C)cc2)C1.CC. The van der Waals surface area contributed by atoms with Gasteiger partial charge >= 0.3 is 0 Å². The summed E-state index contributed by atoms with van der Waals surface area (Å²) in [6.45, 7) is 15.5. The Labute approximate surface area is 195 Å². The molecule has 0 amide bonds. The van der Waals surface area contributed by atoms with Crippen molar-refractivity contribution >= 4 is 17.7 Å². The molecule has 0 spiro atoms. The van der Waals surface area contributed by atoms with Crippen LogP contribution in [0.3, 0.4) is 0 Å². The first-order valence-corrected chi connectivity index (χ1v) is 11.1. The highest BCUT2D eigenvalue weighted by Crippen LogP contribution is 2.37. The lowest BCUT2D eigenvalue weighted by Gasteiger charge is -2.22. The van der Waals surface area contributed by atoms with Gasteiger partial charge in [-0.2, -0.15) is 0 Å². The number of hydrogen-bond acceptors (Lipinski definition) is 7. The maximum Gasteiger partial charge on any atom is 0.258 e. The lowest BCUT2D eigenvalue weighted by Crippen LogP contribution is -2.24. The summed E-state index contributed by atoms with van der Waals surface area (Å²) in [6, 6.07) is 7.62. The molecule has 33 heavy (non-hydrogen) atoms. The predicted molar refractivity (Wildman–Crippen MR) is 131 cm³/mol. The van der Waals surface area contributed by atoms with Gasteiger partial charge in [-0.1, -0.05) is 55.4 Å². The van der Waals surface area contributed by atoms with Crippen LogP contribution in [0.1, 0.15) is 50.8 Å². The third-order valence-electron chi connectivity index (χ3n) is 5.29. The molecule has 0 radical (unpaired) electrons. The van der Waals surface area contributed by atoms with E-state index in [1.807, 2.05) is 52.0 Å². The van der Waals surface area contributed by atoms with E-state index in [1.165, 1.54) is 10.9 Å². The van der Waals surface area contributed by atoms with Crippen molar-refractivity contribution in [3.8, 4) is 0 Å². The maximum absolute atomic E-state index is 12.4. The van der Waals surface area contributed by atoms with Crippen molar-refractivity contribution in [2.75, 3.05) is 6.61 Å². The number of aliphatic hydroxyl groups is 1. The average Bonchev–Trinajstić information content (AvgIpc) is 3.22. The number of ether oxygens (including phenoxy) is 1. The fourth-order valence-electron chi connectivity index (χ4n) is 3.35. The van der Waals surface area contributed by atoms with Crippen LogP contribution in [0.15, 0.2) is 57.9 Å². The first kappa shape index (κ1) is 26.2. The molecule has 1 aromatic heterocycles. The number of hydrogen-bond donors (Lipinski definition) is 1. The van der Waals surface area contributed by atoms with Crippen molar-refractivity contribution in [1.82, 2.24) is 9.55 Å². The molecule has 1 aliphatic rings. The first-order chi connectivity index (χ1) is 15.7. The number of nitrogens with zero attached hydrogens (tertiary/aromatic N) is 4. The summed E-state index contributed by atoms with van der Waals surface area (Å²) in [4.78, 5) is 26.1. The first-order valence-electron chi connectivity index (χ1n) is 11.1. The van der Waals surface area contributed by atoms with Crippen LogP contribution in [0, 0.1) is 19.8 Å². The second kappa shape index (κ2) is 11.7. The van der Waals surface area contributed by atoms with Gasteiger partial charge in [0.2, 0.25) is 0 Å². The van der Waals surface area contributed by atoms with Gasteiger partial charge < -0.3 is 14.7 Å². The van der Waals surface area contributed by atoms with Gasteiger partial charge in [0.15, 0.2) is 11.6 Å². The van der Waals surface area contributed by atoms with E-state index in [4.69, 9.17) is 9.57 Å². The molecular formula is C25H34N4O4. The predicted octanol–water partition coefficient (Wildman–Crippen LogP) is 4.40. The number of benzene rings is 1. The van der Waals surface area contributed by atoms with Crippen LogP contribution in [0.2, 0.25) is 0 Å². The largest absolute Gasteiger partial charge is 0.362 e. The Kier molecular flexibility index (Phi) is 9.25. The zero-order chi connectivity index (χ0) is 24.6. The van der Waals surface area contributed by atoms with Gasteiger partial charge in [-0.05, 0) is 27.7 Å². The average molecular weight is 455 g/mol. The zero-order valence-electron chi connectivity index (χ0n) is 20.3. The molecule has 8 nitrogen and oxygen atoms in total.